The predicted octanol–water partition coefficient (Wildman–Crippen LogP) is 3.13. The first-order valence-electron chi connectivity index (χ1n) is 9.15. The smallest absolute Gasteiger partial charge is 0.413 e. The maximum atomic E-state index is 11.9. The fourth-order valence-corrected chi connectivity index (χ4v) is 3.37. The normalized spacial score (nSPS) is 22.7. The van der Waals surface area contributed by atoms with Crippen LogP contribution in [-0.2, 0) is 9.47 Å². The molecular formula is C18H25N3O5. The SMILES string of the molecule is O=C(Nc1ncccc1O)OC1CCC(COC(=O)N2CCCC2)CC1. The van der Waals surface area contributed by atoms with Gasteiger partial charge >= 0.3 is 12.2 Å². The molecule has 1 saturated heterocycles. The van der Waals surface area contributed by atoms with E-state index in [1.54, 1.807) is 11.0 Å². The number of carbonyl (C=O) groups excluding carboxylic acids is 2. The molecular weight excluding hydrogens is 338 g/mol. The Hall–Kier alpha value is -2.51. The predicted molar refractivity (Wildman–Crippen MR) is 93.9 cm³/mol. The lowest BCUT2D eigenvalue weighted by atomic mass is 9.88. The quantitative estimate of drug-likeness (QED) is 0.852. The average Bonchev–Trinajstić information content (AvgIpc) is 3.18. The summed E-state index contributed by atoms with van der Waals surface area (Å²) in [6.07, 6.45) is 5.72. The molecule has 142 valence electrons. The number of nitrogens with one attached hydrogen (secondary N) is 1. The molecule has 2 aliphatic rings. The summed E-state index contributed by atoms with van der Waals surface area (Å²) in [4.78, 5) is 29.5. The van der Waals surface area contributed by atoms with E-state index in [4.69, 9.17) is 9.47 Å². The van der Waals surface area contributed by atoms with Crippen molar-refractivity contribution < 1.29 is 24.2 Å². The Kier molecular flexibility index (Phi) is 6.14. The van der Waals surface area contributed by atoms with Crippen molar-refractivity contribution in [1.82, 2.24) is 9.88 Å². The maximum absolute atomic E-state index is 11.9. The molecule has 1 aromatic rings. The van der Waals surface area contributed by atoms with Gasteiger partial charge in [0.1, 0.15) is 6.10 Å². The van der Waals surface area contributed by atoms with Gasteiger partial charge in [-0.05, 0) is 56.6 Å². The van der Waals surface area contributed by atoms with Crippen LogP contribution >= 0.6 is 0 Å². The van der Waals surface area contributed by atoms with E-state index in [-0.39, 0.29) is 23.8 Å². The van der Waals surface area contributed by atoms with E-state index in [2.05, 4.69) is 10.3 Å². The van der Waals surface area contributed by atoms with Gasteiger partial charge in [0.05, 0.1) is 6.61 Å². The zero-order valence-corrected chi connectivity index (χ0v) is 14.7. The highest BCUT2D eigenvalue weighted by Crippen LogP contribution is 2.27. The second-order valence-electron chi connectivity index (χ2n) is 6.82. The van der Waals surface area contributed by atoms with Crippen molar-refractivity contribution in [3.05, 3.63) is 18.3 Å². The number of aromatic hydroxyl groups is 1. The lowest BCUT2D eigenvalue weighted by molar-refractivity contribution is 0.0498. The molecule has 8 nitrogen and oxygen atoms in total. The van der Waals surface area contributed by atoms with Crippen molar-refractivity contribution in [3.63, 3.8) is 0 Å². The Bertz CT molecular complexity index is 625. The third-order valence-electron chi connectivity index (χ3n) is 4.88. The second kappa shape index (κ2) is 8.73. The van der Waals surface area contributed by atoms with E-state index in [1.807, 2.05) is 0 Å². The fraction of sp³-hybridized carbons (Fsp3) is 0.611. The molecule has 1 aromatic heterocycles. The topological polar surface area (TPSA) is 101 Å². The van der Waals surface area contributed by atoms with Crippen LogP contribution in [0.4, 0.5) is 15.4 Å². The molecule has 0 radical (unpaired) electrons. The van der Waals surface area contributed by atoms with Gasteiger partial charge in [0.15, 0.2) is 11.6 Å². The van der Waals surface area contributed by atoms with Crippen LogP contribution in [0.3, 0.4) is 0 Å². The molecule has 0 bridgehead atoms. The maximum Gasteiger partial charge on any atom is 0.413 e. The lowest BCUT2D eigenvalue weighted by Gasteiger charge is -2.28. The van der Waals surface area contributed by atoms with Gasteiger partial charge in [-0.2, -0.15) is 0 Å². The molecule has 2 N–H and O–H groups in total. The third kappa shape index (κ3) is 5.00. The van der Waals surface area contributed by atoms with Crippen LogP contribution in [0.15, 0.2) is 18.3 Å². The Morgan fingerprint density at radius 2 is 1.96 bits per heavy atom. The highest BCUT2D eigenvalue weighted by atomic mass is 16.6. The van der Waals surface area contributed by atoms with E-state index in [0.717, 1.165) is 51.6 Å². The number of rotatable bonds is 4. The number of likely N-dealkylation sites (tertiary alicyclic amines) is 1. The fourth-order valence-electron chi connectivity index (χ4n) is 3.37. The number of anilines is 1. The van der Waals surface area contributed by atoms with Crippen LogP contribution in [0.1, 0.15) is 38.5 Å². The minimum absolute atomic E-state index is 0.0833. The van der Waals surface area contributed by atoms with Crippen LogP contribution in [-0.4, -0.2) is 53.0 Å². The Morgan fingerprint density at radius 3 is 2.65 bits per heavy atom. The van der Waals surface area contributed by atoms with Crippen LogP contribution in [0, 0.1) is 5.92 Å². The molecule has 2 fully saturated rings. The number of amides is 2. The number of aromatic nitrogens is 1. The molecule has 3 rings (SSSR count). The third-order valence-corrected chi connectivity index (χ3v) is 4.88. The van der Waals surface area contributed by atoms with Gasteiger partial charge in [-0.1, -0.05) is 0 Å². The van der Waals surface area contributed by atoms with Gasteiger partial charge in [-0.25, -0.2) is 14.6 Å². The largest absolute Gasteiger partial charge is 0.504 e. The summed E-state index contributed by atoms with van der Waals surface area (Å²) in [6.45, 7) is 2.01. The molecule has 1 saturated carbocycles. The standard InChI is InChI=1S/C18H25N3O5/c22-15-4-3-9-19-16(15)20-17(23)26-14-7-5-13(6-8-14)12-25-18(24)21-10-1-2-11-21/h3-4,9,13-14,22H,1-2,5-8,10-12H2,(H,19,20,23). The Labute approximate surface area is 152 Å². The van der Waals surface area contributed by atoms with Gasteiger partial charge in [0, 0.05) is 19.3 Å². The van der Waals surface area contributed by atoms with Crippen LogP contribution < -0.4 is 5.32 Å². The highest BCUT2D eigenvalue weighted by molar-refractivity contribution is 5.85. The summed E-state index contributed by atoms with van der Waals surface area (Å²) in [7, 11) is 0. The molecule has 2 amide bonds. The van der Waals surface area contributed by atoms with Crippen molar-refractivity contribution in [3.8, 4) is 5.75 Å². The van der Waals surface area contributed by atoms with E-state index in [1.165, 1.54) is 12.3 Å². The summed E-state index contributed by atoms with van der Waals surface area (Å²) in [5.41, 5.74) is 0. The zero-order valence-electron chi connectivity index (χ0n) is 14.7. The van der Waals surface area contributed by atoms with Gasteiger partial charge in [0.25, 0.3) is 0 Å². The molecule has 0 spiro atoms. The number of nitrogens with zero attached hydrogens (tertiary/aromatic N) is 2. The summed E-state index contributed by atoms with van der Waals surface area (Å²) in [6, 6.07) is 3.01. The van der Waals surface area contributed by atoms with E-state index >= 15 is 0 Å². The van der Waals surface area contributed by atoms with Crippen molar-refractivity contribution in [2.24, 2.45) is 5.92 Å². The van der Waals surface area contributed by atoms with Gasteiger partial charge in [-0.3, -0.25) is 5.32 Å². The van der Waals surface area contributed by atoms with E-state index in [0.29, 0.717) is 12.5 Å². The first-order valence-corrected chi connectivity index (χ1v) is 9.15. The summed E-state index contributed by atoms with van der Waals surface area (Å²) >= 11 is 0. The monoisotopic (exact) mass is 363 g/mol. The molecule has 0 atom stereocenters. The summed E-state index contributed by atoms with van der Waals surface area (Å²) < 4.78 is 10.8. The van der Waals surface area contributed by atoms with Crippen molar-refractivity contribution >= 4 is 18.0 Å². The van der Waals surface area contributed by atoms with Gasteiger partial charge in [-0.15, -0.1) is 0 Å². The molecule has 1 aliphatic carbocycles. The average molecular weight is 363 g/mol. The first kappa shape index (κ1) is 18.3. The number of hydrogen-bond donors (Lipinski definition) is 2. The Balaban J connectivity index is 1.35. The van der Waals surface area contributed by atoms with Crippen LogP contribution in [0.2, 0.25) is 0 Å². The lowest BCUT2D eigenvalue weighted by Crippen LogP contribution is -2.32. The summed E-state index contributed by atoms with van der Waals surface area (Å²) in [5, 5.41) is 12.0. The van der Waals surface area contributed by atoms with Gasteiger partial charge < -0.3 is 19.5 Å². The Morgan fingerprint density at radius 1 is 1.23 bits per heavy atom. The molecule has 0 unspecified atom stereocenters. The molecule has 26 heavy (non-hydrogen) atoms. The highest BCUT2D eigenvalue weighted by Gasteiger charge is 2.26. The van der Waals surface area contributed by atoms with Crippen LogP contribution in [0.25, 0.3) is 0 Å². The second-order valence-corrected chi connectivity index (χ2v) is 6.82. The minimum atomic E-state index is -0.622. The van der Waals surface area contributed by atoms with Crippen molar-refractivity contribution in [2.45, 2.75) is 44.6 Å². The first-order chi connectivity index (χ1) is 12.6. The summed E-state index contributed by atoms with van der Waals surface area (Å²) in [5.74, 6) is 0.289. The van der Waals surface area contributed by atoms with Gasteiger partial charge in [0.2, 0.25) is 0 Å². The molecule has 0 aromatic carbocycles. The number of pyridine rings is 1. The van der Waals surface area contributed by atoms with Crippen LogP contribution in [0.5, 0.6) is 5.75 Å². The molecule has 1 aliphatic heterocycles. The van der Waals surface area contributed by atoms with Crippen molar-refractivity contribution in [1.29, 1.82) is 0 Å². The number of ether oxygens (including phenoxy) is 2. The van der Waals surface area contributed by atoms with Crippen molar-refractivity contribution in [2.75, 3.05) is 25.0 Å². The number of hydrogen-bond acceptors (Lipinski definition) is 6. The zero-order chi connectivity index (χ0) is 18.4. The van der Waals surface area contributed by atoms with E-state index < -0.39 is 6.09 Å². The minimum Gasteiger partial charge on any atom is -0.504 e. The van der Waals surface area contributed by atoms with E-state index in [9.17, 15) is 14.7 Å². The molecule has 2 heterocycles. The number of carbonyl (C=O) groups is 2. The molecule has 8 heteroatoms.